The van der Waals surface area contributed by atoms with Gasteiger partial charge in [-0.25, -0.2) is 5.43 Å². The molecule has 2 N–H and O–H groups in total. The quantitative estimate of drug-likeness (QED) is 0.465. The molecule has 0 unspecified atom stereocenters. The van der Waals surface area contributed by atoms with Crippen LogP contribution in [0.5, 0.6) is 5.75 Å². The van der Waals surface area contributed by atoms with Gasteiger partial charge in [-0.1, -0.05) is 18.2 Å². The van der Waals surface area contributed by atoms with E-state index >= 15 is 0 Å². The van der Waals surface area contributed by atoms with Gasteiger partial charge in [0.25, 0.3) is 11.8 Å². The van der Waals surface area contributed by atoms with Crippen molar-refractivity contribution in [2.24, 2.45) is 5.10 Å². The second kappa shape index (κ2) is 9.52. The minimum Gasteiger partial charge on any atom is -0.546 e. The number of rotatable bonds is 8. The zero-order chi connectivity index (χ0) is 18.8. The monoisotopic (exact) mass is 355 g/mol. The van der Waals surface area contributed by atoms with Crippen LogP contribution < -0.4 is 20.6 Å². The van der Waals surface area contributed by atoms with Gasteiger partial charge < -0.3 is 20.0 Å². The van der Waals surface area contributed by atoms with Gasteiger partial charge in [0, 0.05) is 11.8 Å². The van der Waals surface area contributed by atoms with Crippen molar-refractivity contribution in [1.29, 1.82) is 0 Å². The summed E-state index contributed by atoms with van der Waals surface area (Å²) in [5.41, 5.74) is 2.90. The van der Waals surface area contributed by atoms with Crippen LogP contribution in [0.25, 0.3) is 0 Å². The first-order valence-electron chi connectivity index (χ1n) is 7.49. The molecular formula is C17H15N4O5-. The Labute approximate surface area is 148 Å². The second-order valence-corrected chi connectivity index (χ2v) is 4.89. The Morgan fingerprint density at radius 2 is 1.92 bits per heavy atom. The maximum atomic E-state index is 11.8. The number of aromatic nitrogens is 1. The number of carboxylic acid groups (broad SMARTS) is 1. The van der Waals surface area contributed by atoms with Crippen molar-refractivity contribution >= 4 is 24.0 Å². The first-order valence-corrected chi connectivity index (χ1v) is 7.49. The zero-order valence-electron chi connectivity index (χ0n) is 13.5. The predicted octanol–water partition coefficient (Wildman–Crippen LogP) is -0.910. The van der Waals surface area contributed by atoms with E-state index in [1.54, 1.807) is 36.4 Å². The number of benzene rings is 1. The molecule has 0 saturated carbocycles. The van der Waals surface area contributed by atoms with E-state index in [4.69, 9.17) is 4.74 Å². The minimum absolute atomic E-state index is 0.197. The van der Waals surface area contributed by atoms with Crippen molar-refractivity contribution < 1.29 is 24.2 Å². The molecule has 1 aromatic heterocycles. The molecule has 0 atom stereocenters. The Bertz CT molecular complexity index is 808. The minimum atomic E-state index is -1.35. The van der Waals surface area contributed by atoms with Gasteiger partial charge in [-0.15, -0.1) is 0 Å². The van der Waals surface area contributed by atoms with Crippen LogP contribution in [-0.2, 0) is 9.59 Å². The summed E-state index contributed by atoms with van der Waals surface area (Å²) in [5.74, 6) is -2.10. The Balaban J connectivity index is 1.83. The lowest BCUT2D eigenvalue weighted by Gasteiger charge is -2.09. The highest BCUT2D eigenvalue weighted by molar-refractivity contribution is 5.95. The molecule has 2 aromatic rings. The third-order valence-corrected chi connectivity index (χ3v) is 2.96. The van der Waals surface area contributed by atoms with Crippen LogP contribution in [0, 0.1) is 0 Å². The summed E-state index contributed by atoms with van der Waals surface area (Å²) in [7, 11) is 0. The number of hydrazone groups is 1. The second-order valence-electron chi connectivity index (χ2n) is 4.89. The molecule has 0 fully saturated rings. The summed E-state index contributed by atoms with van der Waals surface area (Å²) in [4.78, 5) is 37.8. The summed E-state index contributed by atoms with van der Waals surface area (Å²) in [6.45, 7) is -0.883. The predicted molar refractivity (Wildman–Crippen MR) is 89.3 cm³/mol. The van der Waals surface area contributed by atoms with Crippen LogP contribution in [0.1, 0.15) is 16.1 Å². The maximum Gasteiger partial charge on any atom is 0.270 e. The van der Waals surface area contributed by atoms with Gasteiger partial charge in [-0.3, -0.25) is 14.6 Å². The normalized spacial score (nSPS) is 10.3. The van der Waals surface area contributed by atoms with E-state index in [-0.39, 0.29) is 18.0 Å². The van der Waals surface area contributed by atoms with Crippen molar-refractivity contribution in [3.8, 4) is 5.75 Å². The molecule has 2 amide bonds. The average Bonchev–Trinajstić information content (AvgIpc) is 2.66. The molecule has 0 radical (unpaired) electrons. The molecule has 134 valence electrons. The Hall–Kier alpha value is -3.75. The first-order chi connectivity index (χ1) is 12.6. The molecule has 0 saturated heterocycles. The number of amides is 2. The van der Waals surface area contributed by atoms with E-state index < -0.39 is 24.4 Å². The highest BCUT2D eigenvalue weighted by Gasteiger charge is 2.08. The van der Waals surface area contributed by atoms with Crippen LogP contribution in [0.2, 0.25) is 0 Å². The Kier molecular flexibility index (Phi) is 6.81. The molecule has 0 aliphatic heterocycles. The smallest absolute Gasteiger partial charge is 0.270 e. The van der Waals surface area contributed by atoms with Gasteiger partial charge in [0.1, 0.15) is 18.1 Å². The van der Waals surface area contributed by atoms with Crippen LogP contribution in [-0.4, -0.2) is 42.1 Å². The van der Waals surface area contributed by atoms with Crippen molar-refractivity contribution in [3.05, 3.63) is 59.9 Å². The molecule has 2 rings (SSSR count). The lowest BCUT2D eigenvalue weighted by Crippen LogP contribution is -2.35. The summed E-state index contributed by atoms with van der Waals surface area (Å²) in [6, 6.07) is 11.4. The standard InChI is InChI=1S/C17H16N4O5/c22-15(10-19-17(25)13-6-3-4-8-18-13)21-20-9-12-5-1-2-7-14(12)26-11-16(23)24/h1-9H,10-11H2,(H,19,25)(H,21,22)(H,23,24)/p-1/b20-9-. The number of hydrogen-bond acceptors (Lipinski definition) is 7. The number of nitrogens with one attached hydrogen (secondary N) is 2. The fraction of sp³-hybridized carbons (Fsp3) is 0.118. The number of hydrogen-bond donors (Lipinski definition) is 2. The third kappa shape index (κ3) is 6.04. The topological polar surface area (TPSA) is 133 Å². The van der Waals surface area contributed by atoms with Crippen molar-refractivity contribution in [3.63, 3.8) is 0 Å². The van der Waals surface area contributed by atoms with Gasteiger partial charge in [0.15, 0.2) is 0 Å². The largest absolute Gasteiger partial charge is 0.546 e. The molecule has 0 spiro atoms. The summed E-state index contributed by atoms with van der Waals surface area (Å²) < 4.78 is 5.05. The van der Waals surface area contributed by atoms with Gasteiger partial charge in [-0.05, 0) is 24.3 Å². The van der Waals surface area contributed by atoms with E-state index in [1.807, 2.05) is 0 Å². The molecule has 9 nitrogen and oxygen atoms in total. The van der Waals surface area contributed by atoms with E-state index in [2.05, 4.69) is 20.8 Å². The van der Waals surface area contributed by atoms with Gasteiger partial charge in [-0.2, -0.15) is 5.10 Å². The molecular weight excluding hydrogens is 340 g/mol. The van der Waals surface area contributed by atoms with Gasteiger partial charge in [0.05, 0.1) is 18.7 Å². The average molecular weight is 355 g/mol. The van der Waals surface area contributed by atoms with Crippen molar-refractivity contribution in [2.75, 3.05) is 13.2 Å². The van der Waals surface area contributed by atoms with E-state index in [0.717, 1.165) is 0 Å². The maximum absolute atomic E-state index is 11.8. The molecule has 26 heavy (non-hydrogen) atoms. The number of nitrogens with zero attached hydrogens (tertiary/aromatic N) is 2. The Morgan fingerprint density at radius 1 is 1.15 bits per heavy atom. The summed E-state index contributed by atoms with van der Waals surface area (Å²) in [6.07, 6.45) is 2.77. The summed E-state index contributed by atoms with van der Waals surface area (Å²) >= 11 is 0. The van der Waals surface area contributed by atoms with Crippen molar-refractivity contribution in [1.82, 2.24) is 15.7 Å². The zero-order valence-corrected chi connectivity index (χ0v) is 13.5. The highest BCUT2D eigenvalue weighted by Crippen LogP contribution is 2.15. The number of ether oxygens (including phenoxy) is 1. The van der Waals surface area contributed by atoms with Crippen LogP contribution in [0.3, 0.4) is 0 Å². The third-order valence-electron chi connectivity index (χ3n) is 2.96. The van der Waals surface area contributed by atoms with E-state index in [1.165, 1.54) is 18.5 Å². The number of carboxylic acids is 1. The molecule has 0 bridgehead atoms. The number of carbonyl (C=O) groups is 3. The SMILES string of the molecule is O=C([O-])COc1ccccc1/C=N\NC(=O)CNC(=O)c1ccccn1. The molecule has 0 aliphatic rings. The van der Waals surface area contributed by atoms with E-state index in [0.29, 0.717) is 5.56 Å². The van der Waals surface area contributed by atoms with Crippen molar-refractivity contribution in [2.45, 2.75) is 0 Å². The molecule has 1 heterocycles. The van der Waals surface area contributed by atoms with Crippen LogP contribution in [0.15, 0.2) is 53.8 Å². The molecule has 9 heteroatoms. The lowest BCUT2D eigenvalue weighted by molar-refractivity contribution is -0.307. The number of carbonyl (C=O) groups excluding carboxylic acids is 3. The van der Waals surface area contributed by atoms with Gasteiger partial charge in [0.2, 0.25) is 0 Å². The van der Waals surface area contributed by atoms with Crippen LogP contribution in [0.4, 0.5) is 0 Å². The van der Waals surface area contributed by atoms with E-state index in [9.17, 15) is 19.5 Å². The first kappa shape index (κ1) is 18.6. The lowest BCUT2D eigenvalue weighted by atomic mass is 10.2. The number of para-hydroxylation sites is 1. The summed E-state index contributed by atoms with van der Waals surface area (Å²) in [5, 5.41) is 16.6. The molecule has 0 aliphatic carbocycles. The number of aliphatic carboxylic acids is 1. The van der Waals surface area contributed by atoms with Gasteiger partial charge >= 0.3 is 0 Å². The fourth-order valence-corrected chi connectivity index (χ4v) is 1.82. The Morgan fingerprint density at radius 3 is 2.65 bits per heavy atom. The number of pyridine rings is 1. The fourth-order valence-electron chi connectivity index (χ4n) is 1.82. The van der Waals surface area contributed by atoms with Crippen LogP contribution >= 0.6 is 0 Å². The highest BCUT2D eigenvalue weighted by atomic mass is 16.5. The molecule has 1 aromatic carbocycles.